The highest BCUT2D eigenvalue weighted by Gasteiger charge is 2.20. The zero-order valence-electron chi connectivity index (χ0n) is 15.8. The van der Waals surface area contributed by atoms with Crippen LogP contribution in [-0.2, 0) is 17.8 Å². The second-order valence-corrected chi connectivity index (χ2v) is 7.01. The number of nitrogens with one attached hydrogen (secondary N) is 4. The lowest BCUT2D eigenvalue weighted by Crippen LogP contribution is -2.06. The summed E-state index contributed by atoms with van der Waals surface area (Å²) in [4.78, 5) is 28.2. The molecule has 4 aromatic rings. The molecule has 29 heavy (non-hydrogen) atoms. The molecule has 3 heterocycles. The Kier molecular flexibility index (Phi) is 4.09. The highest BCUT2D eigenvalue weighted by atomic mass is 16.1. The molecule has 0 radical (unpaired) electrons. The number of rotatable bonds is 5. The summed E-state index contributed by atoms with van der Waals surface area (Å²) in [5.74, 6) is 1.21. The number of hydrogen-bond donors (Lipinski definition) is 4. The number of amides is 1. The lowest BCUT2D eigenvalue weighted by Gasteiger charge is -2.12. The Morgan fingerprint density at radius 1 is 1.14 bits per heavy atom. The van der Waals surface area contributed by atoms with Crippen molar-refractivity contribution in [3.8, 4) is 0 Å². The number of fused-ring (bicyclic) bond motifs is 2. The fourth-order valence-corrected chi connectivity index (χ4v) is 3.48. The summed E-state index contributed by atoms with van der Waals surface area (Å²) >= 11 is 0. The second kappa shape index (κ2) is 6.90. The van der Waals surface area contributed by atoms with Crippen molar-refractivity contribution in [1.29, 1.82) is 0 Å². The maximum absolute atomic E-state index is 11.7. The molecule has 144 valence electrons. The van der Waals surface area contributed by atoms with Gasteiger partial charge in [-0.05, 0) is 36.8 Å². The highest BCUT2D eigenvalue weighted by molar-refractivity contribution is 6.01. The van der Waals surface area contributed by atoms with Crippen LogP contribution in [0.2, 0.25) is 0 Å². The van der Waals surface area contributed by atoms with Crippen molar-refractivity contribution in [2.45, 2.75) is 19.9 Å². The molecule has 2 aromatic heterocycles. The summed E-state index contributed by atoms with van der Waals surface area (Å²) in [5.41, 5.74) is 6.51. The molecule has 1 aliphatic heterocycles. The molecule has 0 saturated heterocycles. The van der Waals surface area contributed by atoms with Gasteiger partial charge in [-0.15, -0.1) is 0 Å². The van der Waals surface area contributed by atoms with Gasteiger partial charge in [-0.2, -0.15) is 4.98 Å². The SMILES string of the molecule is Cc1cc(NCc2ccc3[nH]cnc3c2)nc(Nc2cccc3c2CC(=O)N3)n1. The Morgan fingerprint density at radius 3 is 3.00 bits per heavy atom. The minimum atomic E-state index is -0.00403. The van der Waals surface area contributed by atoms with Gasteiger partial charge in [0.1, 0.15) is 5.82 Å². The molecule has 4 N–H and O–H groups in total. The lowest BCUT2D eigenvalue weighted by atomic mass is 10.1. The van der Waals surface area contributed by atoms with Crippen LogP contribution in [0.15, 0.2) is 48.8 Å². The first-order valence-corrected chi connectivity index (χ1v) is 9.34. The third-order valence-electron chi connectivity index (χ3n) is 4.85. The summed E-state index contributed by atoms with van der Waals surface area (Å²) in [6.07, 6.45) is 2.04. The molecule has 1 aliphatic rings. The Morgan fingerprint density at radius 2 is 2.07 bits per heavy atom. The van der Waals surface area contributed by atoms with Crippen molar-refractivity contribution in [2.24, 2.45) is 0 Å². The van der Waals surface area contributed by atoms with Gasteiger partial charge in [0, 0.05) is 35.2 Å². The van der Waals surface area contributed by atoms with Crippen LogP contribution < -0.4 is 16.0 Å². The first kappa shape index (κ1) is 17.2. The molecule has 0 atom stereocenters. The predicted molar refractivity (Wildman–Crippen MR) is 112 cm³/mol. The number of aromatic nitrogens is 4. The molecule has 0 spiro atoms. The number of benzene rings is 2. The van der Waals surface area contributed by atoms with Crippen LogP contribution in [-0.4, -0.2) is 25.8 Å². The number of nitrogens with zero attached hydrogens (tertiary/aromatic N) is 3. The van der Waals surface area contributed by atoms with Crippen LogP contribution in [0.25, 0.3) is 11.0 Å². The van der Waals surface area contributed by atoms with Crippen LogP contribution in [0.4, 0.5) is 23.1 Å². The molecule has 0 aliphatic carbocycles. The number of hydrogen-bond acceptors (Lipinski definition) is 6. The number of aromatic amines is 1. The summed E-state index contributed by atoms with van der Waals surface area (Å²) in [6, 6.07) is 13.7. The number of anilines is 4. The van der Waals surface area contributed by atoms with E-state index >= 15 is 0 Å². The molecular weight excluding hydrogens is 366 g/mol. The molecule has 0 saturated carbocycles. The van der Waals surface area contributed by atoms with E-state index in [0.717, 1.165) is 45.0 Å². The van der Waals surface area contributed by atoms with Crippen molar-refractivity contribution in [3.63, 3.8) is 0 Å². The Hall–Kier alpha value is -3.94. The fourth-order valence-electron chi connectivity index (χ4n) is 3.48. The topological polar surface area (TPSA) is 108 Å². The molecule has 0 bridgehead atoms. The van der Waals surface area contributed by atoms with E-state index < -0.39 is 0 Å². The maximum atomic E-state index is 11.7. The van der Waals surface area contributed by atoms with Gasteiger partial charge in [0.15, 0.2) is 0 Å². The molecule has 8 nitrogen and oxygen atoms in total. The normalized spacial score (nSPS) is 12.7. The fraction of sp³-hybridized carbons (Fsp3) is 0.143. The van der Waals surface area contributed by atoms with E-state index in [1.54, 1.807) is 6.33 Å². The van der Waals surface area contributed by atoms with Crippen LogP contribution in [0.5, 0.6) is 0 Å². The average Bonchev–Trinajstić information content (AvgIpc) is 3.31. The van der Waals surface area contributed by atoms with Gasteiger partial charge < -0.3 is 20.9 Å². The molecule has 0 fully saturated rings. The summed E-state index contributed by atoms with van der Waals surface area (Å²) in [5, 5.41) is 9.46. The van der Waals surface area contributed by atoms with Crippen molar-refractivity contribution in [1.82, 2.24) is 19.9 Å². The Balaban J connectivity index is 1.35. The molecule has 5 rings (SSSR count). The van der Waals surface area contributed by atoms with Crippen LogP contribution in [0.1, 0.15) is 16.8 Å². The zero-order valence-corrected chi connectivity index (χ0v) is 15.8. The molecule has 1 amide bonds. The van der Waals surface area contributed by atoms with Gasteiger partial charge in [0.25, 0.3) is 0 Å². The van der Waals surface area contributed by atoms with Crippen molar-refractivity contribution >= 4 is 40.1 Å². The van der Waals surface area contributed by atoms with Gasteiger partial charge in [-0.25, -0.2) is 9.97 Å². The second-order valence-electron chi connectivity index (χ2n) is 7.01. The third-order valence-corrected chi connectivity index (χ3v) is 4.85. The van der Waals surface area contributed by atoms with Crippen molar-refractivity contribution in [2.75, 3.05) is 16.0 Å². The summed E-state index contributed by atoms with van der Waals surface area (Å²) in [6.45, 7) is 2.55. The average molecular weight is 385 g/mol. The van der Waals surface area contributed by atoms with E-state index in [2.05, 4.69) is 42.0 Å². The van der Waals surface area contributed by atoms with Gasteiger partial charge in [0.2, 0.25) is 11.9 Å². The van der Waals surface area contributed by atoms with E-state index in [0.29, 0.717) is 18.9 Å². The monoisotopic (exact) mass is 385 g/mol. The van der Waals surface area contributed by atoms with E-state index in [1.165, 1.54) is 0 Å². The molecular formula is C21H19N7O. The van der Waals surface area contributed by atoms with Gasteiger partial charge in [0.05, 0.1) is 23.8 Å². The first-order valence-electron chi connectivity index (χ1n) is 9.34. The van der Waals surface area contributed by atoms with Gasteiger partial charge in [-0.1, -0.05) is 12.1 Å². The van der Waals surface area contributed by atoms with Crippen molar-refractivity contribution in [3.05, 3.63) is 65.6 Å². The van der Waals surface area contributed by atoms with Gasteiger partial charge >= 0.3 is 0 Å². The number of aryl methyl sites for hydroxylation is 1. The smallest absolute Gasteiger partial charge is 0.229 e. The first-order chi connectivity index (χ1) is 14.1. The standard InChI is InChI=1S/C21H19N7O/c1-12-7-19(22-10-13-5-6-17-18(8-13)24-11-23-17)28-21(25-12)27-16-4-2-3-15-14(16)9-20(29)26-15/h2-8,11H,9-10H2,1H3,(H,23,24)(H,26,29)(H2,22,25,27,28). The van der Waals surface area contributed by atoms with Crippen molar-refractivity contribution < 1.29 is 4.79 Å². The Labute approximate surface area is 166 Å². The summed E-state index contributed by atoms with van der Waals surface area (Å²) < 4.78 is 0. The third kappa shape index (κ3) is 3.47. The van der Waals surface area contributed by atoms with E-state index in [4.69, 9.17) is 0 Å². The zero-order chi connectivity index (χ0) is 19.8. The van der Waals surface area contributed by atoms with Crippen LogP contribution in [0.3, 0.4) is 0 Å². The van der Waals surface area contributed by atoms with Crippen LogP contribution >= 0.6 is 0 Å². The minimum absolute atomic E-state index is 0.00403. The quantitative estimate of drug-likeness (QED) is 0.419. The molecule has 8 heteroatoms. The van der Waals surface area contributed by atoms with Crippen LogP contribution in [0, 0.1) is 6.92 Å². The highest BCUT2D eigenvalue weighted by Crippen LogP contribution is 2.31. The van der Waals surface area contributed by atoms with E-state index in [1.807, 2.05) is 43.3 Å². The van der Waals surface area contributed by atoms with E-state index in [9.17, 15) is 4.79 Å². The Bertz CT molecular complexity index is 1230. The number of imidazole rings is 1. The molecule has 0 unspecified atom stereocenters. The number of carbonyl (C=O) groups is 1. The predicted octanol–water partition coefficient (Wildman–Crippen LogP) is 3.51. The number of H-pyrrole nitrogens is 1. The maximum Gasteiger partial charge on any atom is 0.229 e. The van der Waals surface area contributed by atoms with Gasteiger partial charge in [-0.3, -0.25) is 4.79 Å². The summed E-state index contributed by atoms with van der Waals surface area (Å²) in [7, 11) is 0. The largest absolute Gasteiger partial charge is 0.366 e. The minimum Gasteiger partial charge on any atom is -0.366 e. The number of carbonyl (C=O) groups excluding carboxylic acids is 1. The molecule has 2 aromatic carbocycles. The van der Waals surface area contributed by atoms with E-state index in [-0.39, 0.29) is 5.91 Å². The lowest BCUT2D eigenvalue weighted by molar-refractivity contribution is -0.115.